The fourth-order valence-corrected chi connectivity index (χ4v) is 4.18. The van der Waals surface area contributed by atoms with E-state index in [4.69, 9.17) is 14.8 Å². The van der Waals surface area contributed by atoms with Crippen LogP contribution in [0.5, 0.6) is 5.75 Å². The van der Waals surface area contributed by atoms with Gasteiger partial charge in [0.15, 0.2) is 5.82 Å². The second-order valence-electron chi connectivity index (χ2n) is 7.84. The van der Waals surface area contributed by atoms with Crippen LogP contribution in [0.15, 0.2) is 61.1 Å². The molecule has 1 aliphatic rings. The molecule has 0 amide bonds. The van der Waals surface area contributed by atoms with Crippen molar-refractivity contribution in [3.63, 3.8) is 0 Å². The van der Waals surface area contributed by atoms with Crippen molar-refractivity contribution in [3.8, 4) is 11.4 Å². The molecule has 1 aliphatic heterocycles. The Bertz CT molecular complexity index is 1220. The third kappa shape index (κ3) is 3.89. The first-order chi connectivity index (χ1) is 15.2. The standard InChI is InChI=1S/C25H25N5O/c1-18-16-29(17-26-18)22-12-10-19(15-23(22)31-2)11-13-24-27-25-21(9-6-14-30(25)28-24)20-7-4-3-5-8-20/h3-5,7-8,10-13,15-17,21H,6,9,14H2,1-2H3/t21-/m1/s1. The molecule has 31 heavy (non-hydrogen) atoms. The van der Waals surface area contributed by atoms with Gasteiger partial charge >= 0.3 is 0 Å². The maximum atomic E-state index is 5.61. The SMILES string of the molecule is COc1cc(C=Cc2nc3n(n2)CCC[C@@H]3c2ccccc2)ccc1-n1cnc(C)c1. The van der Waals surface area contributed by atoms with Crippen LogP contribution in [-0.4, -0.2) is 31.4 Å². The van der Waals surface area contributed by atoms with Crippen molar-refractivity contribution in [2.75, 3.05) is 7.11 Å². The molecule has 4 aromatic rings. The third-order valence-corrected chi connectivity index (χ3v) is 5.71. The topological polar surface area (TPSA) is 57.8 Å². The van der Waals surface area contributed by atoms with Crippen molar-refractivity contribution >= 4 is 12.2 Å². The fraction of sp³-hybridized carbons (Fsp3) is 0.240. The van der Waals surface area contributed by atoms with E-state index in [9.17, 15) is 0 Å². The molecule has 6 nitrogen and oxygen atoms in total. The molecule has 156 valence electrons. The number of rotatable bonds is 5. The fourth-order valence-electron chi connectivity index (χ4n) is 4.18. The van der Waals surface area contributed by atoms with Gasteiger partial charge in [-0.05, 0) is 49.1 Å². The first-order valence-electron chi connectivity index (χ1n) is 10.6. The number of methoxy groups -OCH3 is 1. The predicted octanol–water partition coefficient (Wildman–Crippen LogP) is 4.88. The van der Waals surface area contributed by atoms with E-state index < -0.39 is 0 Å². The monoisotopic (exact) mass is 411 g/mol. The summed E-state index contributed by atoms with van der Waals surface area (Å²) in [7, 11) is 1.69. The van der Waals surface area contributed by atoms with Crippen LogP contribution in [0.2, 0.25) is 0 Å². The number of nitrogens with zero attached hydrogens (tertiary/aromatic N) is 5. The van der Waals surface area contributed by atoms with Crippen LogP contribution in [-0.2, 0) is 6.54 Å². The van der Waals surface area contributed by atoms with Gasteiger partial charge in [-0.1, -0.05) is 42.5 Å². The Morgan fingerprint density at radius 2 is 1.97 bits per heavy atom. The lowest BCUT2D eigenvalue weighted by Crippen LogP contribution is -2.17. The second-order valence-corrected chi connectivity index (χ2v) is 7.84. The predicted molar refractivity (Wildman–Crippen MR) is 121 cm³/mol. The van der Waals surface area contributed by atoms with Crippen molar-refractivity contribution in [2.24, 2.45) is 0 Å². The Kier molecular flexibility index (Phi) is 5.12. The zero-order chi connectivity index (χ0) is 21.2. The number of imidazole rings is 1. The number of ether oxygens (including phenoxy) is 1. The Morgan fingerprint density at radius 3 is 2.74 bits per heavy atom. The van der Waals surface area contributed by atoms with Crippen molar-refractivity contribution in [2.45, 2.75) is 32.2 Å². The van der Waals surface area contributed by atoms with E-state index in [0.29, 0.717) is 5.92 Å². The summed E-state index contributed by atoms with van der Waals surface area (Å²) in [5, 5.41) is 4.73. The number of hydrogen-bond acceptors (Lipinski definition) is 4. The first kappa shape index (κ1) is 19.3. The zero-order valence-electron chi connectivity index (χ0n) is 17.8. The number of aryl methyl sites for hydroxylation is 2. The van der Waals surface area contributed by atoms with Crippen LogP contribution < -0.4 is 4.74 Å². The van der Waals surface area contributed by atoms with Crippen molar-refractivity contribution in [1.29, 1.82) is 0 Å². The smallest absolute Gasteiger partial charge is 0.174 e. The van der Waals surface area contributed by atoms with E-state index in [1.165, 1.54) is 5.56 Å². The van der Waals surface area contributed by atoms with E-state index in [0.717, 1.165) is 53.7 Å². The minimum atomic E-state index is 0.308. The summed E-state index contributed by atoms with van der Waals surface area (Å²) in [5.74, 6) is 2.90. The number of aromatic nitrogens is 5. The number of hydrogen-bond donors (Lipinski definition) is 0. The van der Waals surface area contributed by atoms with Gasteiger partial charge in [-0.2, -0.15) is 5.10 Å². The molecule has 5 rings (SSSR count). The van der Waals surface area contributed by atoms with E-state index >= 15 is 0 Å². The number of fused-ring (bicyclic) bond motifs is 1. The third-order valence-electron chi connectivity index (χ3n) is 5.71. The molecule has 0 N–H and O–H groups in total. The maximum Gasteiger partial charge on any atom is 0.174 e. The van der Waals surface area contributed by atoms with Gasteiger partial charge < -0.3 is 9.30 Å². The zero-order valence-corrected chi connectivity index (χ0v) is 17.8. The largest absolute Gasteiger partial charge is 0.495 e. The molecule has 2 aromatic heterocycles. The molecule has 0 aliphatic carbocycles. The summed E-state index contributed by atoms with van der Waals surface area (Å²) in [6, 6.07) is 16.7. The first-order valence-corrected chi connectivity index (χ1v) is 10.6. The second kappa shape index (κ2) is 8.22. The summed E-state index contributed by atoms with van der Waals surface area (Å²) in [6.45, 7) is 2.90. The van der Waals surface area contributed by atoms with Gasteiger partial charge in [0.25, 0.3) is 0 Å². The van der Waals surface area contributed by atoms with Crippen molar-refractivity contribution in [3.05, 3.63) is 89.5 Å². The van der Waals surface area contributed by atoms with Gasteiger partial charge in [-0.15, -0.1) is 0 Å². The lowest BCUT2D eigenvalue weighted by atomic mass is 9.91. The molecular weight excluding hydrogens is 386 g/mol. The summed E-state index contributed by atoms with van der Waals surface area (Å²) >= 11 is 0. The highest BCUT2D eigenvalue weighted by Crippen LogP contribution is 2.32. The minimum Gasteiger partial charge on any atom is -0.495 e. The quantitative estimate of drug-likeness (QED) is 0.470. The molecule has 0 fully saturated rings. The van der Waals surface area contributed by atoms with Gasteiger partial charge in [0.05, 0.1) is 24.8 Å². The van der Waals surface area contributed by atoms with Gasteiger partial charge in [-0.25, -0.2) is 14.6 Å². The van der Waals surface area contributed by atoms with Gasteiger partial charge in [-0.3, -0.25) is 0 Å². The molecule has 0 saturated carbocycles. The molecular formula is C25H25N5O. The summed E-state index contributed by atoms with van der Waals surface area (Å²) in [4.78, 5) is 9.16. The van der Waals surface area contributed by atoms with Gasteiger partial charge in [0.1, 0.15) is 11.6 Å². The summed E-state index contributed by atoms with van der Waals surface area (Å²) in [6.07, 6.45) is 10.0. The van der Waals surface area contributed by atoms with Crippen molar-refractivity contribution < 1.29 is 4.74 Å². The van der Waals surface area contributed by atoms with Crippen LogP contribution in [0.3, 0.4) is 0 Å². The Balaban J connectivity index is 1.41. The van der Waals surface area contributed by atoms with Crippen LogP contribution >= 0.6 is 0 Å². The number of benzene rings is 2. The highest BCUT2D eigenvalue weighted by atomic mass is 16.5. The van der Waals surface area contributed by atoms with Crippen LogP contribution in [0, 0.1) is 6.92 Å². The van der Waals surface area contributed by atoms with Crippen LogP contribution in [0.25, 0.3) is 17.8 Å². The highest BCUT2D eigenvalue weighted by molar-refractivity contribution is 5.69. The van der Waals surface area contributed by atoms with E-state index in [2.05, 4.69) is 46.1 Å². The lowest BCUT2D eigenvalue weighted by Gasteiger charge is -2.22. The lowest BCUT2D eigenvalue weighted by molar-refractivity contribution is 0.413. The molecule has 0 unspecified atom stereocenters. The Hall–Kier alpha value is -3.67. The van der Waals surface area contributed by atoms with Crippen LogP contribution in [0.4, 0.5) is 0 Å². The molecule has 0 saturated heterocycles. The average Bonchev–Trinajstić information content (AvgIpc) is 3.43. The normalized spacial score (nSPS) is 15.9. The van der Waals surface area contributed by atoms with Crippen LogP contribution in [0.1, 0.15) is 47.2 Å². The molecule has 2 aromatic carbocycles. The Labute approximate surface area is 181 Å². The highest BCUT2D eigenvalue weighted by Gasteiger charge is 2.25. The molecule has 0 radical (unpaired) electrons. The molecule has 1 atom stereocenters. The van der Waals surface area contributed by atoms with E-state index in [1.807, 2.05) is 42.0 Å². The minimum absolute atomic E-state index is 0.308. The summed E-state index contributed by atoms with van der Waals surface area (Å²) < 4.78 is 9.64. The Morgan fingerprint density at radius 1 is 1.10 bits per heavy atom. The van der Waals surface area contributed by atoms with Gasteiger partial charge in [0.2, 0.25) is 0 Å². The summed E-state index contributed by atoms with van der Waals surface area (Å²) in [5.41, 5.74) is 4.27. The molecule has 3 heterocycles. The van der Waals surface area contributed by atoms with E-state index in [1.54, 1.807) is 13.4 Å². The maximum absolute atomic E-state index is 5.61. The molecule has 6 heteroatoms. The molecule has 0 spiro atoms. The molecule has 0 bridgehead atoms. The average molecular weight is 412 g/mol. The van der Waals surface area contributed by atoms with Gasteiger partial charge in [0, 0.05) is 18.7 Å². The van der Waals surface area contributed by atoms with Crippen molar-refractivity contribution in [1.82, 2.24) is 24.3 Å². The van der Waals surface area contributed by atoms with E-state index in [-0.39, 0.29) is 0 Å².